The maximum Gasteiger partial charge on any atom is 0.182 e. The molecule has 0 atom stereocenters. The molecule has 0 bridgehead atoms. The first-order valence-corrected chi connectivity index (χ1v) is 6.28. The lowest BCUT2D eigenvalue weighted by atomic mass is 10.1. The highest BCUT2D eigenvalue weighted by Gasteiger charge is 2.11. The number of tetrazole rings is 1. The van der Waals surface area contributed by atoms with E-state index in [1.54, 1.807) is 28.9 Å². The van der Waals surface area contributed by atoms with E-state index in [0.29, 0.717) is 23.5 Å². The van der Waals surface area contributed by atoms with E-state index in [4.69, 9.17) is 5.26 Å². The number of hydrogen-bond donors (Lipinski definition) is 0. The maximum absolute atomic E-state index is 13.3. The molecule has 0 aliphatic rings. The van der Waals surface area contributed by atoms with Crippen LogP contribution >= 0.6 is 0 Å². The fraction of sp³-hybridized carbons (Fsp3) is 0.0667. The van der Waals surface area contributed by atoms with Crippen LogP contribution in [0.3, 0.4) is 0 Å². The largest absolute Gasteiger partial charge is 0.221 e. The van der Waals surface area contributed by atoms with Crippen LogP contribution in [0, 0.1) is 17.1 Å². The van der Waals surface area contributed by atoms with E-state index in [2.05, 4.69) is 21.6 Å². The van der Waals surface area contributed by atoms with Crippen molar-refractivity contribution in [3.8, 4) is 17.5 Å². The Balaban J connectivity index is 1.99. The van der Waals surface area contributed by atoms with Crippen LogP contribution in [-0.2, 0) is 6.54 Å². The minimum absolute atomic E-state index is 0.348. The predicted octanol–water partition coefficient (Wildman–Crippen LogP) is 2.40. The molecule has 0 radical (unpaired) electrons. The van der Waals surface area contributed by atoms with E-state index in [-0.39, 0.29) is 5.82 Å². The summed E-state index contributed by atoms with van der Waals surface area (Å²) in [4.78, 5) is 0. The van der Waals surface area contributed by atoms with E-state index >= 15 is 0 Å². The Morgan fingerprint density at radius 1 is 1.14 bits per heavy atom. The second-order valence-electron chi connectivity index (χ2n) is 4.44. The standard InChI is InChI=1S/C15H10FN5/c16-14-7-3-6-11(8-14)15-18-19-20-21(15)10-13-5-2-1-4-12(13)9-17/h1-8H,10H2. The number of aromatic nitrogens is 4. The summed E-state index contributed by atoms with van der Waals surface area (Å²) in [5, 5.41) is 20.6. The molecule has 2 aromatic carbocycles. The van der Waals surface area contributed by atoms with Gasteiger partial charge in [0.2, 0.25) is 0 Å². The topological polar surface area (TPSA) is 67.4 Å². The van der Waals surface area contributed by atoms with Gasteiger partial charge in [-0.3, -0.25) is 0 Å². The summed E-state index contributed by atoms with van der Waals surface area (Å²) >= 11 is 0. The highest BCUT2D eigenvalue weighted by molar-refractivity contribution is 5.54. The van der Waals surface area contributed by atoms with Gasteiger partial charge < -0.3 is 0 Å². The number of rotatable bonds is 3. The monoisotopic (exact) mass is 279 g/mol. The zero-order valence-electron chi connectivity index (χ0n) is 10.9. The molecule has 5 nitrogen and oxygen atoms in total. The molecule has 0 unspecified atom stereocenters. The average molecular weight is 279 g/mol. The second-order valence-corrected chi connectivity index (χ2v) is 4.44. The van der Waals surface area contributed by atoms with Crippen molar-refractivity contribution in [1.29, 1.82) is 5.26 Å². The van der Waals surface area contributed by atoms with Crippen molar-refractivity contribution in [3.63, 3.8) is 0 Å². The molecule has 6 heteroatoms. The first kappa shape index (κ1) is 12.9. The molecule has 0 saturated heterocycles. The highest BCUT2D eigenvalue weighted by Crippen LogP contribution is 2.18. The van der Waals surface area contributed by atoms with Gasteiger partial charge in [0, 0.05) is 5.56 Å². The van der Waals surface area contributed by atoms with Crippen LogP contribution in [0.15, 0.2) is 48.5 Å². The van der Waals surface area contributed by atoms with Crippen LogP contribution in [0.4, 0.5) is 4.39 Å². The lowest BCUT2D eigenvalue weighted by molar-refractivity contribution is 0.626. The summed E-state index contributed by atoms with van der Waals surface area (Å²) in [6.07, 6.45) is 0. The molecule has 0 N–H and O–H groups in total. The van der Waals surface area contributed by atoms with E-state index in [1.165, 1.54) is 12.1 Å². The fourth-order valence-corrected chi connectivity index (χ4v) is 2.07. The van der Waals surface area contributed by atoms with Crippen molar-refractivity contribution < 1.29 is 4.39 Å². The van der Waals surface area contributed by atoms with Crippen LogP contribution in [0.2, 0.25) is 0 Å². The van der Waals surface area contributed by atoms with Gasteiger partial charge in [-0.1, -0.05) is 30.3 Å². The number of nitriles is 1. The summed E-state index contributed by atoms with van der Waals surface area (Å²) in [6.45, 7) is 0.350. The van der Waals surface area contributed by atoms with Crippen LogP contribution in [0.25, 0.3) is 11.4 Å². The summed E-state index contributed by atoms with van der Waals surface area (Å²) in [7, 11) is 0. The van der Waals surface area contributed by atoms with E-state index in [0.717, 1.165) is 5.56 Å². The smallest absolute Gasteiger partial charge is 0.182 e. The molecular weight excluding hydrogens is 269 g/mol. The molecule has 0 aliphatic carbocycles. The summed E-state index contributed by atoms with van der Waals surface area (Å²) in [6, 6.07) is 15.4. The molecule has 3 aromatic rings. The SMILES string of the molecule is N#Cc1ccccc1Cn1nnnc1-c1cccc(F)c1. The minimum Gasteiger partial charge on any atom is -0.221 e. The Labute approximate surface area is 120 Å². The number of nitrogens with zero attached hydrogens (tertiary/aromatic N) is 5. The Hall–Kier alpha value is -3.07. The molecule has 0 aliphatic heterocycles. The van der Waals surface area contributed by atoms with Crippen molar-refractivity contribution in [2.75, 3.05) is 0 Å². The molecule has 0 amide bonds. The van der Waals surface area contributed by atoms with Gasteiger partial charge in [-0.2, -0.15) is 5.26 Å². The van der Waals surface area contributed by atoms with Gasteiger partial charge in [0.1, 0.15) is 5.82 Å². The molecule has 21 heavy (non-hydrogen) atoms. The predicted molar refractivity (Wildman–Crippen MR) is 73.5 cm³/mol. The van der Waals surface area contributed by atoms with Gasteiger partial charge in [-0.05, 0) is 34.2 Å². The normalized spacial score (nSPS) is 10.3. The van der Waals surface area contributed by atoms with Gasteiger partial charge >= 0.3 is 0 Å². The van der Waals surface area contributed by atoms with E-state index in [1.807, 2.05) is 12.1 Å². The fourth-order valence-electron chi connectivity index (χ4n) is 2.07. The molecule has 3 rings (SSSR count). The minimum atomic E-state index is -0.348. The first-order chi connectivity index (χ1) is 10.3. The molecule has 0 fully saturated rings. The third-order valence-electron chi connectivity index (χ3n) is 3.07. The molecule has 1 heterocycles. The highest BCUT2D eigenvalue weighted by atomic mass is 19.1. The molecule has 102 valence electrons. The van der Waals surface area contributed by atoms with E-state index < -0.39 is 0 Å². The summed E-state index contributed by atoms with van der Waals surface area (Å²) < 4.78 is 14.9. The Morgan fingerprint density at radius 3 is 2.81 bits per heavy atom. The second kappa shape index (κ2) is 5.51. The summed E-state index contributed by atoms with van der Waals surface area (Å²) in [5.41, 5.74) is 1.97. The third kappa shape index (κ3) is 2.62. The first-order valence-electron chi connectivity index (χ1n) is 6.28. The Bertz CT molecular complexity index is 819. The molecule has 1 aromatic heterocycles. The van der Waals surface area contributed by atoms with Crippen LogP contribution < -0.4 is 0 Å². The third-order valence-corrected chi connectivity index (χ3v) is 3.07. The van der Waals surface area contributed by atoms with Crippen molar-refractivity contribution >= 4 is 0 Å². The maximum atomic E-state index is 13.3. The van der Waals surface area contributed by atoms with Crippen LogP contribution in [0.1, 0.15) is 11.1 Å². The zero-order valence-corrected chi connectivity index (χ0v) is 10.9. The van der Waals surface area contributed by atoms with Crippen LogP contribution in [0.5, 0.6) is 0 Å². The number of benzene rings is 2. The van der Waals surface area contributed by atoms with Crippen molar-refractivity contribution in [1.82, 2.24) is 20.2 Å². The molecule has 0 saturated carbocycles. The summed E-state index contributed by atoms with van der Waals surface area (Å²) in [5.74, 6) is 0.113. The number of halogens is 1. The number of hydrogen-bond acceptors (Lipinski definition) is 4. The van der Waals surface area contributed by atoms with Crippen molar-refractivity contribution in [2.24, 2.45) is 0 Å². The van der Waals surface area contributed by atoms with Crippen molar-refractivity contribution in [3.05, 3.63) is 65.5 Å². The molecular formula is C15H10FN5. The Kier molecular flexibility index (Phi) is 3.39. The van der Waals surface area contributed by atoms with E-state index in [9.17, 15) is 4.39 Å². The average Bonchev–Trinajstić information content (AvgIpc) is 2.96. The Morgan fingerprint density at radius 2 is 2.00 bits per heavy atom. The van der Waals surface area contributed by atoms with Gasteiger partial charge in [0.25, 0.3) is 0 Å². The quantitative estimate of drug-likeness (QED) is 0.738. The van der Waals surface area contributed by atoms with Crippen molar-refractivity contribution in [2.45, 2.75) is 6.54 Å². The molecule has 0 spiro atoms. The lowest BCUT2D eigenvalue weighted by Crippen LogP contribution is -2.06. The van der Waals surface area contributed by atoms with Crippen LogP contribution in [-0.4, -0.2) is 20.2 Å². The lowest BCUT2D eigenvalue weighted by Gasteiger charge is -2.06. The zero-order chi connectivity index (χ0) is 14.7. The van der Waals surface area contributed by atoms with Gasteiger partial charge in [-0.15, -0.1) is 5.10 Å². The van der Waals surface area contributed by atoms with Gasteiger partial charge in [0.15, 0.2) is 5.82 Å². The van der Waals surface area contributed by atoms with Gasteiger partial charge in [0.05, 0.1) is 18.2 Å². The van der Waals surface area contributed by atoms with Gasteiger partial charge in [-0.25, -0.2) is 9.07 Å².